The van der Waals surface area contributed by atoms with Gasteiger partial charge in [-0.2, -0.15) is 5.10 Å². The summed E-state index contributed by atoms with van der Waals surface area (Å²) in [5.74, 6) is 0.928. The Morgan fingerprint density at radius 1 is 1.28 bits per heavy atom. The molecule has 0 spiro atoms. The van der Waals surface area contributed by atoms with Gasteiger partial charge in [-0.3, -0.25) is 9.69 Å². The lowest BCUT2D eigenvalue weighted by molar-refractivity contribution is 0.218. The lowest BCUT2D eigenvalue weighted by atomic mass is 10.1. The maximum atomic E-state index is 13.0. The van der Waals surface area contributed by atoms with Gasteiger partial charge in [-0.25, -0.2) is 14.1 Å². The zero-order valence-electron chi connectivity index (χ0n) is 13.8. The molecule has 0 N–H and O–H groups in total. The molecule has 0 atom stereocenters. The van der Waals surface area contributed by atoms with Crippen LogP contribution in [0.1, 0.15) is 17.1 Å². The van der Waals surface area contributed by atoms with E-state index in [9.17, 15) is 9.18 Å². The average molecular weight is 340 g/mol. The number of hydrogen-bond acceptors (Lipinski definition) is 5. The number of aromatic nitrogens is 3. The van der Waals surface area contributed by atoms with Crippen LogP contribution < -0.4 is 5.56 Å². The Balaban J connectivity index is 1.49. The van der Waals surface area contributed by atoms with Gasteiger partial charge >= 0.3 is 0 Å². The van der Waals surface area contributed by atoms with Crippen molar-refractivity contribution in [2.75, 3.05) is 6.54 Å². The zero-order chi connectivity index (χ0) is 17.4. The van der Waals surface area contributed by atoms with Crippen molar-refractivity contribution in [2.24, 2.45) is 7.05 Å². The molecule has 4 rings (SSSR count). The molecule has 1 aliphatic rings. The normalized spacial score (nSPS) is 14.5. The van der Waals surface area contributed by atoms with Gasteiger partial charge in [-0.1, -0.05) is 0 Å². The molecule has 6 nitrogen and oxygen atoms in total. The topological polar surface area (TPSA) is 64.2 Å². The number of benzene rings is 1. The van der Waals surface area contributed by atoms with Gasteiger partial charge in [0.15, 0.2) is 5.76 Å². The highest BCUT2D eigenvalue weighted by Gasteiger charge is 2.20. The molecule has 0 unspecified atom stereocenters. The Kier molecular flexibility index (Phi) is 3.93. The van der Waals surface area contributed by atoms with E-state index in [1.165, 1.54) is 16.8 Å². The number of fused-ring (bicyclic) bond motifs is 1. The zero-order valence-corrected chi connectivity index (χ0v) is 13.8. The average Bonchev–Trinajstić information content (AvgIpc) is 3.05. The Morgan fingerprint density at radius 2 is 2.08 bits per heavy atom. The largest absolute Gasteiger partial charge is 0.439 e. The van der Waals surface area contributed by atoms with Crippen LogP contribution in [0.2, 0.25) is 0 Å². The predicted octanol–water partition coefficient (Wildman–Crippen LogP) is 2.13. The Bertz CT molecular complexity index is 962. The second-order valence-electron chi connectivity index (χ2n) is 6.16. The molecule has 0 saturated carbocycles. The van der Waals surface area contributed by atoms with Crippen molar-refractivity contribution in [3.8, 4) is 11.3 Å². The Morgan fingerprint density at radius 3 is 2.88 bits per heavy atom. The Hall–Kier alpha value is -2.80. The minimum Gasteiger partial charge on any atom is -0.439 e. The fourth-order valence-electron chi connectivity index (χ4n) is 3.01. The summed E-state index contributed by atoms with van der Waals surface area (Å²) in [5.41, 5.74) is 2.62. The highest BCUT2D eigenvalue weighted by molar-refractivity contribution is 5.55. The quantitative estimate of drug-likeness (QED) is 0.731. The smallest absolute Gasteiger partial charge is 0.266 e. The maximum Gasteiger partial charge on any atom is 0.266 e. The van der Waals surface area contributed by atoms with Gasteiger partial charge in [0, 0.05) is 38.2 Å². The van der Waals surface area contributed by atoms with Crippen LogP contribution in [-0.4, -0.2) is 26.2 Å². The molecule has 0 bridgehead atoms. The van der Waals surface area contributed by atoms with E-state index in [1.807, 2.05) is 0 Å². The summed E-state index contributed by atoms with van der Waals surface area (Å²) < 4.78 is 20.2. The summed E-state index contributed by atoms with van der Waals surface area (Å²) in [5, 5.41) is 4.31. The standard InChI is InChI=1S/C18H17FN4O2/c1-22-18(24)8-13-10-23(7-6-15(13)21-22)11-17-20-9-16(25-17)12-2-4-14(19)5-3-12/h2-5,8-9H,6-7,10-11H2,1H3. The van der Waals surface area contributed by atoms with Crippen LogP contribution >= 0.6 is 0 Å². The van der Waals surface area contributed by atoms with E-state index in [0.29, 0.717) is 24.7 Å². The van der Waals surface area contributed by atoms with Crippen molar-refractivity contribution in [1.29, 1.82) is 0 Å². The molecule has 3 heterocycles. The van der Waals surface area contributed by atoms with Crippen molar-refractivity contribution in [3.63, 3.8) is 0 Å². The van der Waals surface area contributed by atoms with E-state index in [4.69, 9.17) is 4.42 Å². The van der Waals surface area contributed by atoms with E-state index < -0.39 is 0 Å². The number of halogens is 1. The van der Waals surface area contributed by atoms with E-state index in [0.717, 1.165) is 29.8 Å². The van der Waals surface area contributed by atoms with Crippen LogP contribution in [0.15, 0.2) is 45.7 Å². The van der Waals surface area contributed by atoms with E-state index in [-0.39, 0.29) is 11.4 Å². The van der Waals surface area contributed by atoms with Crippen LogP contribution in [0.3, 0.4) is 0 Å². The molecule has 0 amide bonds. The van der Waals surface area contributed by atoms with E-state index in [1.54, 1.807) is 31.4 Å². The Labute approximate surface area is 143 Å². The lowest BCUT2D eigenvalue weighted by Gasteiger charge is -2.26. The van der Waals surface area contributed by atoms with Crippen molar-refractivity contribution in [1.82, 2.24) is 19.7 Å². The lowest BCUT2D eigenvalue weighted by Crippen LogP contribution is -2.34. The fraction of sp³-hybridized carbons (Fsp3) is 0.278. The molecule has 0 saturated heterocycles. The summed E-state index contributed by atoms with van der Waals surface area (Å²) in [6.45, 7) is 2.02. The number of hydrogen-bond donors (Lipinski definition) is 0. The minimum atomic E-state index is -0.282. The van der Waals surface area contributed by atoms with Crippen molar-refractivity contribution in [2.45, 2.75) is 19.5 Å². The third-order valence-corrected chi connectivity index (χ3v) is 4.36. The second kappa shape index (κ2) is 6.25. The highest BCUT2D eigenvalue weighted by atomic mass is 19.1. The third kappa shape index (κ3) is 3.23. The highest BCUT2D eigenvalue weighted by Crippen LogP contribution is 2.22. The minimum absolute atomic E-state index is 0.102. The van der Waals surface area contributed by atoms with E-state index >= 15 is 0 Å². The van der Waals surface area contributed by atoms with Gasteiger partial charge in [-0.15, -0.1) is 0 Å². The van der Waals surface area contributed by atoms with E-state index in [2.05, 4.69) is 15.0 Å². The summed E-state index contributed by atoms with van der Waals surface area (Å²) >= 11 is 0. The molecule has 3 aromatic rings. The maximum absolute atomic E-state index is 13.0. The second-order valence-corrected chi connectivity index (χ2v) is 6.16. The number of aryl methyl sites for hydroxylation is 1. The molecule has 7 heteroatoms. The molecule has 25 heavy (non-hydrogen) atoms. The van der Waals surface area contributed by atoms with Gasteiger partial charge in [0.2, 0.25) is 5.89 Å². The first kappa shape index (κ1) is 15.7. The molecular weight excluding hydrogens is 323 g/mol. The fourth-order valence-corrected chi connectivity index (χ4v) is 3.01. The van der Waals surface area contributed by atoms with Crippen molar-refractivity contribution in [3.05, 3.63) is 69.8 Å². The van der Waals surface area contributed by atoms with Crippen LogP contribution in [0.25, 0.3) is 11.3 Å². The molecule has 0 radical (unpaired) electrons. The number of oxazole rings is 1. The van der Waals surface area contributed by atoms with Gasteiger partial charge in [-0.05, 0) is 29.8 Å². The molecule has 0 aliphatic carbocycles. The number of nitrogens with zero attached hydrogens (tertiary/aromatic N) is 4. The summed E-state index contributed by atoms with van der Waals surface area (Å²) in [7, 11) is 1.67. The monoisotopic (exact) mass is 340 g/mol. The molecule has 1 aliphatic heterocycles. The van der Waals surface area contributed by atoms with Crippen molar-refractivity contribution >= 4 is 0 Å². The van der Waals surface area contributed by atoms with Gasteiger partial charge in [0.25, 0.3) is 5.56 Å². The molecular formula is C18H17FN4O2. The summed E-state index contributed by atoms with van der Waals surface area (Å²) in [6.07, 6.45) is 2.44. The molecule has 2 aromatic heterocycles. The molecule has 0 fully saturated rings. The first-order chi connectivity index (χ1) is 12.1. The molecule has 128 valence electrons. The molecule has 1 aromatic carbocycles. The van der Waals surface area contributed by atoms with Gasteiger partial charge < -0.3 is 4.42 Å². The number of rotatable bonds is 3. The van der Waals surface area contributed by atoms with Crippen LogP contribution in [0, 0.1) is 5.82 Å². The summed E-state index contributed by atoms with van der Waals surface area (Å²) in [6, 6.07) is 7.77. The first-order valence-corrected chi connectivity index (χ1v) is 8.07. The van der Waals surface area contributed by atoms with Gasteiger partial charge in [0.05, 0.1) is 18.4 Å². The summed E-state index contributed by atoms with van der Waals surface area (Å²) in [4.78, 5) is 18.2. The van der Waals surface area contributed by atoms with Crippen LogP contribution in [0.4, 0.5) is 4.39 Å². The van der Waals surface area contributed by atoms with Crippen LogP contribution in [0.5, 0.6) is 0 Å². The van der Waals surface area contributed by atoms with Crippen molar-refractivity contribution < 1.29 is 8.81 Å². The SMILES string of the molecule is Cn1nc2c(cc1=O)CN(Cc1ncc(-c3ccc(F)cc3)o1)CC2. The third-order valence-electron chi connectivity index (χ3n) is 4.36. The first-order valence-electron chi connectivity index (χ1n) is 8.07. The van der Waals surface area contributed by atoms with Gasteiger partial charge in [0.1, 0.15) is 5.82 Å². The van der Waals surface area contributed by atoms with Crippen LogP contribution in [-0.2, 0) is 26.6 Å². The predicted molar refractivity (Wildman–Crippen MR) is 89.2 cm³/mol.